The minimum Gasteiger partial charge on any atom is -0.397 e. The van der Waals surface area contributed by atoms with Gasteiger partial charge in [-0.05, 0) is 12.1 Å². The highest BCUT2D eigenvalue weighted by molar-refractivity contribution is 7.94. The van der Waals surface area contributed by atoms with Crippen molar-refractivity contribution in [3.8, 4) is 0 Å². The van der Waals surface area contributed by atoms with Gasteiger partial charge in [-0.3, -0.25) is 4.79 Å². The summed E-state index contributed by atoms with van der Waals surface area (Å²) in [7, 11) is -3.15. The predicted molar refractivity (Wildman–Crippen MR) is 59.4 cm³/mol. The molecule has 0 fully saturated rings. The first-order valence-corrected chi connectivity index (χ1v) is 6.33. The molecule has 1 aromatic rings. The van der Waals surface area contributed by atoms with Crippen molar-refractivity contribution in [1.29, 1.82) is 0 Å². The molecule has 0 bridgehead atoms. The van der Waals surface area contributed by atoms with Crippen LogP contribution in [0.1, 0.15) is 10.5 Å². The molecule has 1 aliphatic rings. The molecule has 16 heavy (non-hydrogen) atoms. The standard InChI is InChI=1S/C9H11N3O3S/c10-6-3-8(11-4-6)9(13)12-7-1-2-16(14,15)5-7/h1-4,7,11H,5,10H2,(H,12,13). The topological polar surface area (TPSA) is 105 Å². The normalized spacial score (nSPS) is 22.1. The number of anilines is 1. The summed E-state index contributed by atoms with van der Waals surface area (Å²) >= 11 is 0. The minimum atomic E-state index is -3.15. The molecule has 1 aromatic heterocycles. The Bertz CT molecular complexity index is 544. The quantitative estimate of drug-likeness (QED) is 0.657. The van der Waals surface area contributed by atoms with Crippen LogP contribution in [0.2, 0.25) is 0 Å². The van der Waals surface area contributed by atoms with Gasteiger partial charge in [-0.15, -0.1) is 0 Å². The van der Waals surface area contributed by atoms with Crippen LogP contribution < -0.4 is 11.1 Å². The van der Waals surface area contributed by atoms with E-state index < -0.39 is 15.9 Å². The van der Waals surface area contributed by atoms with Crippen molar-refractivity contribution >= 4 is 21.4 Å². The van der Waals surface area contributed by atoms with Gasteiger partial charge in [0.2, 0.25) is 0 Å². The second kappa shape index (κ2) is 3.67. The Morgan fingerprint density at radius 3 is 2.81 bits per heavy atom. The number of rotatable bonds is 2. The largest absolute Gasteiger partial charge is 0.397 e. The molecule has 2 rings (SSSR count). The molecule has 0 aliphatic carbocycles. The van der Waals surface area contributed by atoms with Gasteiger partial charge in [-0.1, -0.05) is 0 Å². The third-order valence-corrected chi connectivity index (χ3v) is 3.59. The lowest BCUT2D eigenvalue weighted by Crippen LogP contribution is -2.35. The fourth-order valence-electron chi connectivity index (χ4n) is 1.45. The van der Waals surface area contributed by atoms with Gasteiger partial charge in [0.15, 0.2) is 9.84 Å². The van der Waals surface area contributed by atoms with Gasteiger partial charge in [0.1, 0.15) is 5.69 Å². The third-order valence-electron chi connectivity index (χ3n) is 2.20. The van der Waals surface area contributed by atoms with Gasteiger partial charge in [0, 0.05) is 17.3 Å². The van der Waals surface area contributed by atoms with E-state index in [-0.39, 0.29) is 11.7 Å². The van der Waals surface area contributed by atoms with Crippen molar-refractivity contribution in [2.45, 2.75) is 6.04 Å². The van der Waals surface area contributed by atoms with Crippen molar-refractivity contribution in [3.05, 3.63) is 29.4 Å². The van der Waals surface area contributed by atoms with Crippen molar-refractivity contribution in [1.82, 2.24) is 10.3 Å². The summed E-state index contributed by atoms with van der Waals surface area (Å²) in [4.78, 5) is 14.3. The minimum absolute atomic E-state index is 0.0884. The van der Waals surface area contributed by atoms with E-state index in [9.17, 15) is 13.2 Å². The number of carbonyl (C=O) groups is 1. The summed E-state index contributed by atoms with van der Waals surface area (Å²) in [6.07, 6.45) is 2.95. The zero-order valence-electron chi connectivity index (χ0n) is 8.30. The Hall–Kier alpha value is -1.76. The van der Waals surface area contributed by atoms with Crippen LogP contribution in [0.3, 0.4) is 0 Å². The Morgan fingerprint density at radius 1 is 1.56 bits per heavy atom. The summed E-state index contributed by atoms with van der Waals surface area (Å²) < 4.78 is 22.2. The summed E-state index contributed by atoms with van der Waals surface area (Å²) in [5.41, 5.74) is 6.22. The molecule has 2 heterocycles. The van der Waals surface area contributed by atoms with Gasteiger partial charge in [0.05, 0.1) is 11.8 Å². The summed E-state index contributed by atoms with van der Waals surface area (Å²) in [6, 6.07) is 1.02. The Labute approximate surface area is 92.4 Å². The highest BCUT2D eigenvalue weighted by atomic mass is 32.2. The average Bonchev–Trinajstić information content (AvgIpc) is 2.73. The molecule has 86 valence electrons. The van der Waals surface area contributed by atoms with Crippen molar-refractivity contribution in [2.75, 3.05) is 11.5 Å². The smallest absolute Gasteiger partial charge is 0.268 e. The maximum Gasteiger partial charge on any atom is 0.268 e. The second-order valence-corrected chi connectivity index (χ2v) is 5.52. The maximum atomic E-state index is 11.6. The van der Waals surface area contributed by atoms with E-state index in [0.29, 0.717) is 11.4 Å². The first-order chi connectivity index (χ1) is 7.46. The van der Waals surface area contributed by atoms with E-state index in [1.165, 1.54) is 18.3 Å². The molecule has 1 amide bonds. The molecule has 0 saturated carbocycles. The zero-order chi connectivity index (χ0) is 11.8. The second-order valence-electron chi connectivity index (χ2n) is 3.58. The monoisotopic (exact) mass is 241 g/mol. The molecule has 1 aliphatic heterocycles. The number of hydrogen-bond acceptors (Lipinski definition) is 4. The predicted octanol–water partition coefficient (Wildman–Crippen LogP) is -0.363. The molecule has 0 aromatic carbocycles. The van der Waals surface area contributed by atoms with Crippen LogP contribution in [0, 0.1) is 0 Å². The first-order valence-electron chi connectivity index (χ1n) is 4.62. The fourth-order valence-corrected chi connectivity index (χ4v) is 2.69. The fraction of sp³-hybridized carbons (Fsp3) is 0.222. The average molecular weight is 241 g/mol. The van der Waals surface area contributed by atoms with E-state index in [0.717, 1.165) is 5.41 Å². The molecule has 0 saturated heterocycles. The molecular weight excluding hydrogens is 230 g/mol. The number of H-pyrrole nitrogens is 1. The Balaban J connectivity index is 2.02. The maximum absolute atomic E-state index is 11.6. The van der Waals surface area contributed by atoms with Gasteiger partial charge >= 0.3 is 0 Å². The number of nitrogen functional groups attached to an aromatic ring is 1. The number of amides is 1. The van der Waals surface area contributed by atoms with Gasteiger partial charge in [-0.2, -0.15) is 0 Å². The Morgan fingerprint density at radius 2 is 2.31 bits per heavy atom. The molecular formula is C9H11N3O3S. The van der Waals surface area contributed by atoms with Crippen LogP contribution in [0.15, 0.2) is 23.7 Å². The number of aromatic amines is 1. The van der Waals surface area contributed by atoms with Crippen LogP contribution in [0.25, 0.3) is 0 Å². The van der Waals surface area contributed by atoms with Crippen LogP contribution in [0.4, 0.5) is 5.69 Å². The number of hydrogen-bond donors (Lipinski definition) is 3. The van der Waals surface area contributed by atoms with E-state index >= 15 is 0 Å². The highest BCUT2D eigenvalue weighted by Crippen LogP contribution is 2.09. The lowest BCUT2D eigenvalue weighted by molar-refractivity contribution is 0.0943. The first kappa shape index (κ1) is 10.7. The van der Waals surface area contributed by atoms with Crippen LogP contribution >= 0.6 is 0 Å². The molecule has 0 radical (unpaired) electrons. The third kappa shape index (κ3) is 2.25. The van der Waals surface area contributed by atoms with Gasteiger partial charge in [-0.25, -0.2) is 8.42 Å². The Kier molecular flexibility index (Phi) is 2.47. The van der Waals surface area contributed by atoms with Crippen molar-refractivity contribution < 1.29 is 13.2 Å². The van der Waals surface area contributed by atoms with E-state index in [4.69, 9.17) is 5.73 Å². The highest BCUT2D eigenvalue weighted by Gasteiger charge is 2.23. The molecule has 6 nitrogen and oxygen atoms in total. The molecule has 4 N–H and O–H groups in total. The lowest BCUT2D eigenvalue weighted by Gasteiger charge is -2.08. The summed E-state index contributed by atoms with van der Waals surface area (Å²) in [5, 5.41) is 3.68. The number of nitrogens with two attached hydrogens (primary N) is 1. The molecule has 1 atom stereocenters. The van der Waals surface area contributed by atoms with E-state index in [1.807, 2.05) is 0 Å². The van der Waals surface area contributed by atoms with Gasteiger partial charge < -0.3 is 16.0 Å². The van der Waals surface area contributed by atoms with E-state index in [2.05, 4.69) is 10.3 Å². The summed E-state index contributed by atoms with van der Waals surface area (Å²) in [5.74, 6) is -0.460. The lowest BCUT2D eigenvalue weighted by atomic mass is 10.3. The van der Waals surface area contributed by atoms with Crippen molar-refractivity contribution in [2.24, 2.45) is 0 Å². The number of sulfone groups is 1. The molecule has 7 heteroatoms. The molecule has 0 spiro atoms. The number of carbonyl (C=O) groups excluding carboxylic acids is 1. The van der Waals surface area contributed by atoms with Crippen molar-refractivity contribution in [3.63, 3.8) is 0 Å². The van der Waals surface area contributed by atoms with E-state index in [1.54, 1.807) is 0 Å². The zero-order valence-corrected chi connectivity index (χ0v) is 9.12. The summed E-state index contributed by atoms with van der Waals surface area (Å²) in [6.45, 7) is 0. The van der Waals surface area contributed by atoms with Crippen LogP contribution in [-0.4, -0.2) is 31.1 Å². The number of aromatic nitrogens is 1. The SMILES string of the molecule is Nc1c[nH]c(C(=O)NC2C=CS(=O)(=O)C2)c1. The molecule has 1 unspecified atom stereocenters. The van der Waals surface area contributed by atoms with Gasteiger partial charge in [0.25, 0.3) is 5.91 Å². The van der Waals surface area contributed by atoms with Crippen LogP contribution in [-0.2, 0) is 9.84 Å². The van der Waals surface area contributed by atoms with Crippen LogP contribution in [0.5, 0.6) is 0 Å². The number of nitrogens with one attached hydrogen (secondary N) is 2.